The zero-order chi connectivity index (χ0) is 18.8. The van der Waals surface area contributed by atoms with Gasteiger partial charge in [0.1, 0.15) is 5.75 Å². The van der Waals surface area contributed by atoms with E-state index in [2.05, 4.69) is 12.2 Å². The molecule has 0 saturated carbocycles. The van der Waals surface area contributed by atoms with Crippen LogP contribution in [0, 0.1) is 0 Å². The number of hydrogen-bond donors (Lipinski definition) is 1. The first kappa shape index (κ1) is 19.2. The molecule has 26 heavy (non-hydrogen) atoms. The Labute approximate surface area is 153 Å². The molecule has 0 bridgehead atoms. The van der Waals surface area contributed by atoms with Crippen LogP contribution in [-0.2, 0) is 4.74 Å². The smallest absolute Gasteiger partial charge is 0.339 e. The number of para-hydroxylation sites is 1. The summed E-state index contributed by atoms with van der Waals surface area (Å²) in [7, 11) is 1.33. The largest absolute Gasteiger partial charge is 0.494 e. The summed E-state index contributed by atoms with van der Waals surface area (Å²) < 4.78 is 10.3. The molecule has 0 amide bonds. The number of nitrogens with one attached hydrogen (secondary N) is 1. The minimum absolute atomic E-state index is 0.145. The van der Waals surface area contributed by atoms with Crippen LogP contribution in [0.15, 0.2) is 60.8 Å². The van der Waals surface area contributed by atoms with E-state index in [1.54, 1.807) is 48.5 Å². The summed E-state index contributed by atoms with van der Waals surface area (Å²) in [5.41, 5.74) is 1.54. The van der Waals surface area contributed by atoms with Gasteiger partial charge in [0.15, 0.2) is 5.78 Å². The van der Waals surface area contributed by atoms with Gasteiger partial charge >= 0.3 is 5.97 Å². The van der Waals surface area contributed by atoms with Crippen molar-refractivity contribution in [3.63, 3.8) is 0 Å². The van der Waals surface area contributed by atoms with Crippen LogP contribution in [0.2, 0.25) is 0 Å². The highest BCUT2D eigenvalue weighted by molar-refractivity contribution is 6.04. The van der Waals surface area contributed by atoms with E-state index in [1.165, 1.54) is 19.4 Å². The Hall–Kier alpha value is -3.08. The third-order valence-electron chi connectivity index (χ3n) is 3.71. The highest BCUT2D eigenvalue weighted by Gasteiger charge is 2.09. The fourth-order valence-corrected chi connectivity index (χ4v) is 2.25. The van der Waals surface area contributed by atoms with E-state index in [0.717, 1.165) is 18.6 Å². The van der Waals surface area contributed by atoms with Crippen molar-refractivity contribution in [3.8, 4) is 5.75 Å². The monoisotopic (exact) mass is 353 g/mol. The molecule has 5 nitrogen and oxygen atoms in total. The number of allylic oxidation sites excluding steroid dienone is 1. The highest BCUT2D eigenvalue weighted by atomic mass is 16.5. The van der Waals surface area contributed by atoms with Gasteiger partial charge in [-0.25, -0.2) is 4.79 Å². The van der Waals surface area contributed by atoms with Gasteiger partial charge in [-0.2, -0.15) is 0 Å². The Balaban J connectivity index is 1.96. The predicted octanol–water partition coefficient (Wildman–Crippen LogP) is 4.46. The lowest BCUT2D eigenvalue weighted by molar-refractivity contribution is 0.0601. The number of hydrogen-bond acceptors (Lipinski definition) is 5. The quantitative estimate of drug-likeness (QED) is 0.312. The van der Waals surface area contributed by atoms with Gasteiger partial charge in [-0.1, -0.05) is 25.5 Å². The van der Waals surface area contributed by atoms with Gasteiger partial charge in [0.25, 0.3) is 0 Å². The second-order valence-electron chi connectivity index (χ2n) is 5.61. The summed E-state index contributed by atoms with van der Waals surface area (Å²) >= 11 is 0. The summed E-state index contributed by atoms with van der Waals surface area (Å²) in [6.07, 6.45) is 5.01. The normalized spacial score (nSPS) is 10.5. The Morgan fingerprint density at radius 3 is 2.50 bits per heavy atom. The number of carbonyl (C=O) groups is 2. The molecule has 0 unspecified atom stereocenters. The molecule has 0 spiro atoms. The SMILES string of the molecule is CCCCOc1ccc(C(=O)/C=C/Nc2ccccc2C(=O)OC)cc1. The van der Waals surface area contributed by atoms with Gasteiger partial charge in [-0.3, -0.25) is 4.79 Å². The average Bonchev–Trinajstić information content (AvgIpc) is 2.68. The fraction of sp³-hybridized carbons (Fsp3) is 0.238. The zero-order valence-electron chi connectivity index (χ0n) is 15.0. The summed E-state index contributed by atoms with van der Waals surface area (Å²) in [4.78, 5) is 23.9. The van der Waals surface area contributed by atoms with Crippen molar-refractivity contribution in [1.29, 1.82) is 0 Å². The molecule has 0 aromatic heterocycles. The van der Waals surface area contributed by atoms with Crippen molar-refractivity contribution in [2.24, 2.45) is 0 Å². The minimum atomic E-state index is -0.438. The van der Waals surface area contributed by atoms with E-state index in [4.69, 9.17) is 9.47 Å². The highest BCUT2D eigenvalue weighted by Crippen LogP contribution is 2.16. The predicted molar refractivity (Wildman–Crippen MR) is 102 cm³/mol. The Morgan fingerprint density at radius 1 is 1.08 bits per heavy atom. The molecule has 0 heterocycles. The van der Waals surface area contributed by atoms with Crippen LogP contribution in [0.4, 0.5) is 5.69 Å². The first-order valence-corrected chi connectivity index (χ1v) is 8.53. The van der Waals surface area contributed by atoms with Gasteiger partial charge in [0.2, 0.25) is 0 Å². The average molecular weight is 353 g/mol. The molecule has 136 valence electrons. The molecule has 0 radical (unpaired) electrons. The maximum absolute atomic E-state index is 12.2. The van der Waals surface area contributed by atoms with Crippen LogP contribution in [0.25, 0.3) is 0 Å². The number of anilines is 1. The van der Waals surface area contributed by atoms with Crippen LogP contribution < -0.4 is 10.1 Å². The number of rotatable bonds is 9. The molecule has 0 fully saturated rings. The molecule has 0 aliphatic rings. The number of benzene rings is 2. The van der Waals surface area contributed by atoms with E-state index in [-0.39, 0.29) is 5.78 Å². The van der Waals surface area contributed by atoms with Crippen LogP contribution in [-0.4, -0.2) is 25.5 Å². The Bertz CT molecular complexity index is 766. The van der Waals surface area contributed by atoms with Gasteiger partial charge < -0.3 is 14.8 Å². The molecule has 2 aromatic rings. The van der Waals surface area contributed by atoms with E-state index >= 15 is 0 Å². The topological polar surface area (TPSA) is 64.6 Å². The van der Waals surface area contributed by atoms with Crippen LogP contribution in [0.1, 0.15) is 40.5 Å². The lowest BCUT2D eigenvalue weighted by Gasteiger charge is -2.07. The van der Waals surface area contributed by atoms with E-state index in [0.29, 0.717) is 23.4 Å². The summed E-state index contributed by atoms with van der Waals surface area (Å²) in [6.45, 7) is 2.78. The van der Waals surface area contributed by atoms with E-state index in [9.17, 15) is 9.59 Å². The molecule has 0 aliphatic carbocycles. The first-order valence-electron chi connectivity index (χ1n) is 8.53. The van der Waals surface area contributed by atoms with Crippen molar-refractivity contribution >= 4 is 17.4 Å². The Morgan fingerprint density at radius 2 is 1.81 bits per heavy atom. The molecule has 0 saturated heterocycles. The lowest BCUT2D eigenvalue weighted by Crippen LogP contribution is -2.05. The van der Waals surface area contributed by atoms with E-state index < -0.39 is 5.97 Å². The molecule has 1 N–H and O–H groups in total. The standard InChI is InChI=1S/C21H23NO4/c1-3-4-15-26-17-11-9-16(10-12-17)20(23)13-14-22-19-8-6-5-7-18(19)21(24)25-2/h5-14,22H,3-4,15H2,1-2H3/b14-13+. The van der Waals surface area contributed by atoms with Gasteiger partial charge in [-0.15, -0.1) is 0 Å². The second kappa shape index (κ2) is 10.0. The summed E-state index contributed by atoms with van der Waals surface area (Å²) in [5.74, 6) is 0.170. The summed E-state index contributed by atoms with van der Waals surface area (Å²) in [5, 5.41) is 2.95. The van der Waals surface area contributed by atoms with Gasteiger partial charge in [-0.05, 0) is 42.8 Å². The number of unbranched alkanes of at least 4 members (excludes halogenated alkanes) is 1. The molecule has 0 atom stereocenters. The van der Waals surface area contributed by atoms with Crippen molar-refractivity contribution in [2.75, 3.05) is 19.0 Å². The number of ketones is 1. The number of ether oxygens (including phenoxy) is 2. The molecular formula is C21H23NO4. The molecule has 5 heteroatoms. The van der Waals surface area contributed by atoms with Crippen molar-refractivity contribution in [1.82, 2.24) is 0 Å². The molecule has 2 aromatic carbocycles. The summed E-state index contributed by atoms with van der Waals surface area (Å²) in [6, 6.07) is 14.0. The third-order valence-corrected chi connectivity index (χ3v) is 3.71. The fourth-order valence-electron chi connectivity index (χ4n) is 2.25. The van der Waals surface area contributed by atoms with Gasteiger partial charge in [0.05, 0.1) is 25.0 Å². The van der Waals surface area contributed by atoms with Crippen molar-refractivity contribution in [3.05, 3.63) is 71.9 Å². The molecule has 2 rings (SSSR count). The van der Waals surface area contributed by atoms with Crippen LogP contribution >= 0.6 is 0 Å². The van der Waals surface area contributed by atoms with Crippen molar-refractivity contribution in [2.45, 2.75) is 19.8 Å². The number of methoxy groups -OCH3 is 1. The maximum Gasteiger partial charge on any atom is 0.339 e. The van der Waals surface area contributed by atoms with Crippen LogP contribution in [0.5, 0.6) is 5.75 Å². The lowest BCUT2D eigenvalue weighted by atomic mass is 10.1. The Kier molecular flexibility index (Phi) is 7.43. The maximum atomic E-state index is 12.2. The van der Waals surface area contributed by atoms with E-state index in [1.807, 2.05) is 0 Å². The second-order valence-corrected chi connectivity index (χ2v) is 5.61. The zero-order valence-corrected chi connectivity index (χ0v) is 15.0. The number of carbonyl (C=O) groups excluding carboxylic acids is 2. The van der Waals surface area contributed by atoms with Gasteiger partial charge in [0, 0.05) is 17.8 Å². The van der Waals surface area contributed by atoms with Crippen molar-refractivity contribution < 1.29 is 19.1 Å². The first-order chi connectivity index (χ1) is 12.7. The third kappa shape index (κ3) is 5.48. The minimum Gasteiger partial charge on any atom is -0.494 e. The number of esters is 1. The molecule has 0 aliphatic heterocycles. The molecular weight excluding hydrogens is 330 g/mol. The van der Waals surface area contributed by atoms with Crippen LogP contribution in [0.3, 0.4) is 0 Å².